The molecule has 158 valence electrons. The molecule has 3 aliphatic carbocycles. The van der Waals surface area contributed by atoms with E-state index in [9.17, 15) is 15.0 Å². The summed E-state index contributed by atoms with van der Waals surface area (Å²) in [5.41, 5.74) is 1.61. The summed E-state index contributed by atoms with van der Waals surface area (Å²) in [7, 11) is 1.70. The van der Waals surface area contributed by atoms with Crippen LogP contribution in [0.15, 0.2) is 18.2 Å². The Morgan fingerprint density at radius 3 is 2.79 bits per heavy atom. The Kier molecular flexibility index (Phi) is 4.67. The SMILES string of the molecule is COc1ccc2c(c1)[C@]13CCN(CC4CC4)[C@H](C2)[C@]1(O)CC[C@@H](CCC(=O)O)C3. The van der Waals surface area contributed by atoms with E-state index in [1.54, 1.807) is 7.11 Å². The van der Waals surface area contributed by atoms with Crippen molar-refractivity contribution in [1.82, 2.24) is 4.90 Å². The van der Waals surface area contributed by atoms with Crippen molar-refractivity contribution < 1.29 is 19.7 Å². The Morgan fingerprint density at radius 1 is 1.24 bits per heavy atom. The summed E-state index contributed by atoms with van der Waals surface area (Å²) < 4.78 is 5.55. The summed E-state index contributed by atoms with van der Waals surface area (Å²) in [6.07, 6.45) is 8.06. The van der Waals surface area contributed by atoms with E-state index in [4.69, 9.17) is 4.74 Å². The van der Waals surface area contributed by atoms with Crippen molar-refractivity contribution in [2.24, 2.45) is 11.8 Å². The van der Waals surface area contributed by atoms with Crippen molar-refractivity contribution in [3.8, 4) is 5.75 Å². The lowest BCUT2D eigenvalue weighted by molar-refractivity contribution is -0.175. The fourth-order valence-corrected chi connectivity index (χ4v) is 6.75. The number of methoxy groups -OCH3 is 1. The van der Waals surface area contributed by atoms with Gasteiger partial charge in [0.1, 0.15) is 5.75 Å². The summed E-state index contributed by atoms with van der Waals surface area (Å²) >= 11 is 0. The third-order valence-corrected chi connectivity index (χ3v) is 8.42. The highest BCUT2D eigenvalue weighted by Gasteiger charge is 2.64. The van der Waals surface area contributed by atoms with E-state index >= 15 is 0 Å². The molecule has 0 unspecified atom stereocenters. The lowest BCUT2D eigenvalue weighted by Crippen LogP contribution is -2.73. The second kappa shape index (κ2) is 6.98. The van der Waals surface area contributed by atoms with E-state index in [0.29, 0.717) is 12.3 Å². The molecule has 0 aromatic heterocycles. The molecule has 0 spiro atoms. The molecule has 1 aromatic rings. The first-order valence-corrected chi connectivity index (χ1v) is 11.3. The maximum Gasteiger partial charge on any atom is 0.303 e. The first kappa shape index (κ1) is 19.4. The summed E-state index contributed by atoms with van der Waals surface area (Å²) in [6.45, 7) is 2.16. The molecule has 29 heavy (non-hydrogen) atoms. The first-order chi connectivity index (χ1) is 13.9. The van der Waals surface area contributed by atoms with Gasteiger partial charge in [0.05, 0.1) is 12.7 Å². The smallest absolute Gasteiger partial charge is 0.303 e. The number of hydrogen-bond donors (Lipinski definition) is 2. The van der Waals surface area contributed by atoms with Crippen LogP contribution in [0, 0.1) is 11.8 Å². The Labute approximate surface area is 173 Å². The van der Waals surface area contributed by atoms with Crippen LogP contribution in [-0.2, 0) is 16.6 Å². The lowest BCUT2D eigenvalue weighted by Gasteiger charge is -2.65. The average Bonchev–Trinajstić information content (AvgIpc) is 3.52. The molecular formula is C24H33NO4. The number of benzene rings is 1. The lowest BCUT2D eigenvalue weighted by atomic mass is 9.47. The van der Waals surface area contributed by atoms with Crippen molar-refractivity contribution in [3.05, 3.63) is 29.3 Å². The van der Waals surface area contributed by atoms with Gasteiger partial charge in [0.25, 0.3) is 0 Å². The third-order valence-electron chi connectivity index (χ3n) is 8.42. The number of carbonyl (C=O) groups is 1. The predicted molar refractivity (Wildman–Crippen MR) is 110 cm³/mol. The number of carboxylic acids is 1. The standard InChI is InChI=1S/C24H33NO4/c1-29-19-6-5-18-12-21-24(28)9-8-16(4-7-22(26)27)14-23(24,20(18)13-19)10-11-25(21)15-17-2-3-17/h5-6,13,16-17,21,28H,2-4,7-12,14-15H2,1H3,(H,26,27)/t16-,21-,23-,24-/m1/s1. The number of fused-ring (bicyclic) bond motifs is 1. The van der Waals surface area contributed by atoms with Crippen LogP contribution in [0.1, 0.15) is 62.5 Å². The monoisotopic (exact) mass is 399 g/mol. The molecule has 4 atom stereocenters. The fraction of sp³-hybridized carbons (Fsp3) is 0.708. The van der Waals surface area contributed by atoms with E-state index in [1.165, 1.54) is 24.0 Å². The number of likely N-dealkylation sites (tertiary alicyclic amines) is 1. The molecule has 1 saturated heterocycles. The van der Waals surface area contributed by atoms with Gasteiger partial charge in [-0.05, 0) is 93.0 Å². The van der Waals surface area contributed by atoms with Crippen molar-refractivity contribution in [3.63, 3.8) is 0 Å². The Morgan fingerprint density at radius 2 is 2.07 bits per heavy atom. The quantitative estimate of drug-likeness (QED) is 0.768. The Bertz CT molecular complexity index is 806. The second-order valence-electron chi connectivity index (χ2n) is 9.98. The zero-order valence-corrected chi connectivity index (χ0v) is 17.4. The van der Waals surface area contributed by atoms with Crippen LogP contribution in [0.25, 0.3) is 0 Å². The molecule has 2 N–H and O–H groups in total. The molecular weight excluding hydrogens is 366 g/mol. The molecule has 5 rings (SSSR count). The number of aliphatic hydroxyl groups is 1. The van der Waals surface area contributed by atoms with E-state index in [1.807, 2.05) is 6.07 Å². The second-order valence-corrected chi connectivity index (χ2v) is 9.98. The van der Waals surface area contributed by atoms with Crippen molar-refractivity contribution in [1.29, 1.82) is 0 Å². The number of rotatable bonds is 6. The van der Waals surface area contributed by atoms with E-state index in [-0.39, 0.29) is 17.9 Å². The van der Waals surface area contributed by atoms with Crippen LogP contribution >= 0.6 is 0 Å². The van der Waals surface area contributed by atoms with Crippen LogP contribution in [0.3, 0.4) is 0 Å². The predicted octanol–water partition coefficient (Wildman–Crippen LogP) is 3.37. The van der Waals surface area contributed by atoms with Crippen LogP contribution in [0.4, 0.5) is 0 Å². The molecule has 4 aliphatic rings. The van der Waals surface area contributed by atoms with Gasteiger partial charge < -0.3 is 14.9 Å². The van der Waals surface area contributed by atoms with E-state index in [2.05, 4.69) is 17.0 Å². The minimum atomic E-state index is -0.723. The zero-order valence-electron chi connectivity index (χ0n) is 17.4. The Hall–Kier alpha value is -1.59. The molecule has 3 fully saturated rings. The van der Waals surface area contributed by atoms with Crippen LogP contribution < -0.4 is 4.74 Å². The third kappa shape index (κ3) is 3.09. The number of aliphatic carboxylic acids is 1. The van der Waals surface area contributed by atoms with Gasteiger partial charge in [0.2, 0.25) is 0 Å². The number of ether oxygens (including phenoxy) is 1. The normalized spacial score (nSPS) is 36.2. The minimum Gasteiger partial charge on any atom is -0.497 e. The van der Waals surface area contributed by atoms with Gasteiger partial charge in [-0.25, -0.2) is 0 Å². The van der Waals surface area contributed by atoms with Crippen molar-refractivity contribution in [2.45, 2.75) is 74.8 Å². The molecule has 1 aliphatic heterocycles. The van der Waals surface area contributed by atoms with Gasteiger partial charge in [0, 0.05) is 24.4 Å². The zero-order chi connectivity index (χ0) is 20.2. The van der Waals surface area contributed by atoms with Crippen LogP contribution in [0.5, 0.6) is 5.75 Å². The summed E-state index contributed by atoms with van der Waals surface area (Å²) in [4.78, 5) is 13.7. The van der Waals surface area contributed by atoms with Gasteiger partial charge in [-0.1, -0.05) is 6.07 Å². The molecule has 0 amide bonds. The maximum absolute atomic E-state index is 12.3. The summed E-state index contributed by atoms with van der Waals surface area (Å²) in [5, 5.41) is 21.5. The molecule has 2 bridgehead atoms. The molecule has 1 heterocycles. The highest BCUT2D eigenvalue weighted by atomic mass is 16.5. The summed E-state index contributed by atoms with van der Waals surface area (Å²) in [6, 6.07) is 6.58. The topological polar surface area (TPSA) is 70.0 Å². The Balaban J connectivity index is 1.54. The summed E-state index contributed by atoms with van der Waals surface area (Å²) in [5.74, 6) is 1.31. The maximum atomic E-state index is 12.3. The molecule has 5 heteroatoms. The van der Waals surface area contributed by atoms with Gasteiger partial charge in [-0.15, -0.1) is 0 Å². The molecule has 5 nitrogen and oxygen atoms in total. The van der Waals surface area contributed by atoms with Crippen LogP contribution in [-0.4, -0.2) is 52.9 Å². The minimum absolute atomic E-state index is 0.179. The number of nitrogens with zero attached hydrogens (tertiary/aromatic N) is 1. The van der Waals surface area contributed by atoms with E-state index < -0.39 is 11.6 Å². The van der Waals surface area contributed by atoms with Gasteiger partial charge >= 0.3 is 5.97 Å². The molecule has 2 saturated carbocycles. The molecule has 1 aromatic carbocycles. The van der Waals surface area contributed by atoms with Gasteiger partial charge in [-0.2, -0.15) is 0 Å². The fourth-order valence-electron chi connectivity index (χ4n) is 6.75. The number of piperidine rings is 1. The van der Waals surface area contributed by atoms with Gasteiger partial charge in [0.15, 0.2) is 0 Å². The van der Waals surface area contributed by atoms with E-state index in [0.717, 1.165) is 56.9 Å². The molecule has 0 radical (unpaired) electrons. The first-order valence-electron chi connectivity index (χ1n) is 11.3. The highest BCUT2D eigenvalue weighted by Crippen LogP contribution is 2.60. The average molecular weight is 400 g/mol. The van der Waals surface area contributed by atoms with Gasteiger partial charge in [-0.3, -0.25) is 9.69 Å². The largest absolute Gasteiger partial charge is 0.497 e. The highest BCUT2D eigenvalue weighted by molar-refractivity contribution is 5.66. The van der Waals surface area contributed by atoms with Crippen molar-refractivity contribution in [2.75, 3.05) is 20.2 Å². The van der Waals surface area contributed by atoms with Crippen molar-refractivity contribution >= 4 is 5.97 Å². The number of carboxylic acid groups (broad SMARTS) is 1. The number of hydrogen-bond acceptors (Lipinski definition) is 4. The van der Waals surface area contributed by atoms with Crippen LogP contribution in [0.2, 0.25) is 0 Å².